The molecule has 1 heterocycles. The Hall–Kier alpha value is -3.23. The predicted octanol–water partition coefficient (Wildman–Crippen LogP) is 3.55. The van der Waals surface area contributed by atoms with Crippen molar-refractivity contribution >= 4 is 17.7 Å². The van der Waals surface area contributed by atoms with Crippen LogP contribution in [-0.4, -0.2) is 31.8 Å². The van der Waals surface area contributed by atoms with Gasteiger partial charge in [-0.15, -0.1) is 0 Å². The van der Waals surface area contributed by atoms with Crippen molar-refractivity contribution in [2.45, 2.75) is 25.1 Å². The Labute approximate surface area is 165 Å². The molecule has 154 valence electrons. The molecule has 0 radical (unpaired) electrons. The molecule has 1 aliphatic heterocycles. The van der Waals surface area contributed by atoms with Crippen molar-refractivity contribution in [2.24, 2.45) is 0 Å². The summed E-state index contributed by atoms with van der Waals surface area (Å²) in [4.78, 5) is 23.3. The van der Waals surface area contributed by atoms with Gasteiger partial charge in [-0.1, -0.05) is 18.2 Å². The van der Waals surface area contributed by atoms with E-state index in [-0.39, 0.29) is 25.0 Å². The Kier molecular flexibility index (Phi) is 5.95. The normalized spacial score (nSPS) is 16.1. The highest BCUT2D eigenvalue weighted by atomic mass is 19.4. The molecule has 29 heavy (non-hydrogen) atoms. The van der Waals surface area contributed by atoms with Crippen LogP contribution in [0, 0.1) is 0 Å². The summed E-state index contributed by atoms with van der Waals surface area (Å²) in [7, 11) is 1.50. The predicted molar refractivity (Wildman–Crippen MR) is 98.7 cm³/mol. The highest BCUT2D eigenvalue weighted by Crippen LogP contribution is 2.29. The van der Waals surface area contributed by atoms with Gasteiger partial charge in [-0.25, -0.2) is 4.79 Å². The molecule has 0 bridgehead atoms. The van der Waals surface area contributed by atoms with Crippen molar-refractivity contribution in [2.75, 3.05) is 19.0 Å². The summed E-state index contributed by atoms with van der Waals surface area (Å²) in [5, 5.41) is 5.39. The highest BCUT2D eigenvalue weighted by Gasteiger charge is 2.30. The number of hydrogen-bond donors (Lipinski definition) is 2. The first-order chi connectivity index (χ1) is 13.7. The Morgan fingerprint density at radius 1 is 1.24 bits per heavy atom. The number of halogens is 3. The van der Waals surface area contributed by atoms with E-state index < -0.39 is 17.8 Å². The second-order valence-electron chi connectivity index (χ2n) is 6.59. The molecule has 1 saturated heterocycles. The quantitative estimate of drug-likeness (QED) is 0.767. The van der Waals surface area contributed by atoms with E-state index >= 15 is 0 Å². The van der Waals surface area contributed by atoms with Crippen LogP contribution in [0.3, 0.4) is 0 Å². The van der Waals surface area contributed by atoms with Crippen LogP contribution in [0.1, 0.15) is 16.7 Å². The molecule has 2 aromatic rings. The van der Waals surface area contributed by atoms with E-state index in [1.165, 1.54) is 19.2 Å². The largest absolute Gasteiger partial charge is 0.496 e. The molecule has 0 saturated carbocycles. The molecule has 2 N–H and O–H groups in total. The first-order valence-electron chi connectivity index (χ1n) is 8.81. The zero-order chi connectivity index (χ0) is 21.0. The molecule has 1 aliphatic rings. The van der Waals surface area contributed by atoms with Gasteiger partial charge in [-0.05, 0) is 35.7 Å². The van der Waals surface area contributed by atoms with E-state index in [0.29, 0.717) is 23.4 Å². The van der Waals surface area contributed by atoms with Crippen LogP contribution in [0.4, 0.5) is 23.7 Å². The van der Waals surface area contributed by atoms with Gasteiger partial charge in [0.2, 0.25) is 5.91 Å². The molecule has 0 aliphatic carbocycles. The number of amides is 2. The minimum Gasteiger partial charge on any atom is -0.496 e. The van der Waals surface area contributed by atoms with Crippen LogP contribution < -0.4 is 15.4 Å². The molecule has 0 aromatic heterocycles. The van der Waals surface area contributed by atoms with Gasteiger partial charge in [0.05, 0.1) is 25.1 Å². The molecule has 1 fully saturated rings. The lowest BCUT2D eigenvalue weighted by atomic mass is 10.0. The second kappa shape index (κ2) is 8.42. The number of carbonyl (C=O) groups excluding carboxylic acids is 2. The molecule has 0 unspecified atom stereocenters. The number of methoxy groups -OCH3 is 1. The number of alkyl halides is 3. The van der Waals surface area contributed by atoms with Crippen molar-refractivity contribution in [1.82, 2.24) is 5.32 Å². The molecular weight excluding hydrogens is 389 g/mol. The maximum atomic E-state index is 12.6. The second-order valence-corrected chi connectivity index (χ2v) is 6.59. The van der Waals surface area contributed by atoms with Crippen molar-refractivity contribution in [3.05, 3.63) is 59.2 Å². The number of carbonyl (C=O) groups is 2. The molecule has 9 heteroatoms. The highest BCUT2D eigenvalue weighted by molar-refractivity contribution is 5.92. The number of rotatable bonds is 6. The number of hydrogen-bond acceptors (Lipinski definition) is 4. The molecule has 1 atom stereocenters. The average molecular weight is 408 g/mol. The summed E-state index contributed by atoms with van der Waals surface area (Å²) in [6.45, 7) is 0.271. The number of benzene rings is 2. The SMILES string of the molecule is COc1cc(NC(=O)Cc2ccc(C(F)(F)F)cc2)ccc1C[C@H]1COC(=O)N1. The standard InChI is InChI=1S/C20H19F3N2O4/c1-28-17-10-15(7-4-13(17)9-16-11-29-19(27)25-16)24-18(26)8-12-2-5-14(6-3-12)20(21,22)23/h2-7,10,16H,8-9,11H2,1H3,(H,24,26)(H,25,27)/t16-/m0/s1. The third-order valence-electron chi connectivity index (χ3n) is 4.42. The van der Waals surface area contributed by atoms with Crippen LogP contribution in [0.25, 0.3) is 0 Å². The van der Waals surface area contributed by atoms with Crippen molar-refractivity contribution in [3.8, 4) is 5.75 Å². The monoisotopic (exact) mass is 408 g/mol. The summed E-state index contributed by atoms with van der Waals surface area (Å²) in [6, 6.07) is 9.43. The summed E-state index contributed by atoms with van der Waals surface area (Å²) in [5.74, 6) is 0.175. The van der Waals surface area contributed by atoms with Crippen molar-refractivity contribution in [1.29, 1.82) is 0 Å². The third kappa shape index (κ3) is 5.40. The van der Waals surface area contributed by atoms with Crippen LogP contribution in [0.15, 0.2) is 42.5 Å². The Balaban J connectivity index is 1.62. The lowest BCUT2D eigenvalue weighted by Gasteiger charge is -2.14. The number of alkyl carbamates (subject to hydrolysis) is 1. The summed E-state index contributed by atoms with van der Waals surface area (Å²) in [6.07, 6.45) is -4.42. The first-order valence-corrected chi connectivity index (χ1v) is 8.81. The molecular formula is C20H19F3N2O4. The maximum Gasteiger partial charge on any atom is 0.416 e. The van der Waals surface area contributed by atoms with E-state index in [2.05, 4.69) is 10.6 Å². The summed E-state index contributed by atoms with van der Waals surface area (Å²) in [5.41, 5.74) is 1.04. The molecule has 0 spiro atoms. The van der Waals surface area contributed by atoms with Gasteiger partial charge in [0.1, 0.15) is 12.4 Å². The molecule has 2 amide bonds. The number of cyclic esters (lactones) is 1. The Bertz CT molecular complexity index is 898. The van der Waals surface area contributed by atoms with Crippen molar-refractivity contribution < 1.29 is 32.2 Å². The van der Waals surface area contributed by atoms with Gasteiger partial charge in [-0.3, -0.25) is 4.79 Å². The first kappa shape index (κ1) is 20.5. The van der Waals surface area contributed by atoms with Crippen LogP contribution in [0.2, 0.25) is 0 Å². The fourth-order valence-corrected chi connectivity index (χ4v) is 2.99. The maximum absolute atomic E-state index is 12.6. The summed E-state index contributed by atoms with van der Waals surface area (Å²) >= 11 is 0. The third-order valence-corrected chi connectivity index (χ3v) is 4.42. The number of ether oxygens (including phenoxy) is 2. The summed E-state index contributed by atoms with van der Waals surface area (Å²) < 4.78 is 48.0. The molecule has 2 aromatic carbocycles. The van der Waals surface area contributed by atoms with Gasteiger partial charge in [0, 0.05) is 11.8 Å². The van der Waals surface area contributed by atoms with Gasteiger partial charge in [0.25, 0.3) is 0 Å². The van der Waals surface area contributed by atoms with Gasteiger partial charge in [0.15, 0.2) is 0 Å². The minimum absolute atomic E-state index is 0.0619. The van der Waals surface area contributed by atoms with E-state index in [1.807, 2.05) is 0 Å². The van der Waals surface area contributed by atoms with Crippen LogP contribution >= 0.6 is 0 Å². The number of anilines is 1. The fourth-order valence-electron chi connectivity index (χ4n) is 2.99. The van der Waals surface area contributed by atoms with Gasteiger partial charge < -0.3 is 20.1 Å². The zero-order valence-corrected chi connectivity index (χ0v) is 15.5. The van der Waals surface area contributed by atoms with E-state index in [4.69, 9.17) is 9.47 Å². The van der Waals surface area contributed by atoms with E-state index in [1.54, 1.807) is 18.2 Å². The lowest BCUT2D eigenvalue weighted by Crippen LogP contribution is -2.28. The van der Waals surface area contributed by atoms with E-state index in [9.17, 15) is 22.8 Å². The van der Waals surface area contributed by atoms with E-state index in [0.717, 1.165) is 17.7 Å². The lowest BCUT2D eigenvalue weighted by molar-refractivity contribution is -0.137. The van der Waals surface area contributed by atoms with Gasteiger partial charge >= 0.3 is 12.3 Å². The number of nitrogens with one attached hydrogen (secondary N) is 2. The average Bonchev–Trinajstić information content (AvgIpc) is 3.07. The Morgan fingerprint density at radius 3 is 2.55 bits per heavy atom. The minimum atomic E-state index is -4.41. The van der Waals surface area contributed by atoms with Gasteiger partial charge in [-0.2, -0.15) is 13.2 Å². The topological polar surface area (TPSA) is 76.7 Å². The fraction of sp³-hybridized carbons (Fsp3) is 0.300. The smallest absolute Gasteiger partial charge is 0.416 e. The molecule has 3 rings (SSSR count). The van der Waals surface area contributed by atoms with Crippen LogP contribution in [-0.2, 0) is 28.5 Å². The van der Waals surface area contributed by atoms with Crippen LogP contribution in [0.5, 0.6) is 5.75 Å². The molecule has 6 nitrogen and oxygen atoms in total. The zero-order valence-electron chi connectivity index (χ0n) is 15.5. The van der Waals surface area contributed by atoms with Crippen molar-refractivity contribution in [3.63, 3.8) is 0 Å². The Morgan fingerprint density at radius 2 is 1.97 bits per heavy atom.